The van der Waals surface area contributed by atoms with Gasteiger partial charge in [0.2, 0.25) is 0 Å². The van der Waals surface area contributed by atoms with Gasteiger partial charge in [0.15, 0.2) is 6.23 Å². The van der Waals surface area contributed by atoms with E-state index in [2.05, 4.69) is 4.98 Å². The van der Waals surface area contributed by atoms with Gasteiger partial charge in [-0.25, -0.2) is 4.79 Å². The summed E-state index contributed by atoms with van der Waals surface area (Å²) in [6.45, 7) is -0.0939. The van der Waals surface area contributed by atoms with Gasteiger partial charge in [-0.05, 0) is 33.4 Å². The lowest BCUT2D eigenvalue weighted by Gasteiger charge is -2.40. The highest BCUT2D eigenvalue weighted by Crippen LogP contribution is 2.46. The van der Waals surface area contributed by atoms with Gasteiger partial charge in [-0.2, -0.15) is 0 Å². The standard InChI is InChI=1S/C47H40N2O6/c50-41-31-32-49(45(52)48-41)44-43(55-47(37-25-13-4-14-26-37,38-27-15-5-16-28-38)39-29-17-6-18-30-39)42(51)40(54-44)33-53-46(34-19-7-1-8-20-34,35-21-9-2-10-22-35)36-23-11-3-12-24-36/h1-32,40,42-44,51H,33H2,(H,48,50,52)/t40-,42+,43-,44-/m1/s1. The first-order chi connectivity index (χ1) is 27.0. The third-order valence-electron chi connectivity index (χ3n) is 10.3. The minimum absolute atomic E-state index is 0.0939. The monoisotopic (exact) mass is 728 g/mol. The van der Waals surface area contributed by atoms with Crippen LogP contribution in [-0.4, -0.2) is 39.6 Å². The number of aromatic nitrogens is 2. The summed E-state index contributed by atoms with van der Waals surface area (Å²) in [6, 6.07) is 60.5. The van der Waals surface area contributed by atoms with Gasteiger partial charge in [0.05, 0.1) is 6.61 Å². The highest BCUT2D eigenvalue weighted by Gasteiger charge is 2.52. The smallest absolute Gasteiger partial charge is 0.330 e. The minimum Gasteiger partial charge on any atom is -0.387 e. The molecule has 0 amide bonds. The Kier molecular flexibility index (Phi) is 10.2. The van der Waals surface area contributed by atoms with E-state index in [9.17, 15) is 14.7 Å². The molecule has 55 heavy (non-hydrogen) atoms. The maximum Gasteiger partial charge on any atom is 0.330 e. The molecule has 6 aromatic carbocycles. The van der Waals surface area contributed by atoms with E-state index in [0.29, 0.717) is 0 Å². The molecule has 0 radical (unpaired) electrons. The molecule has 0 saturated carbocycles. The van der Waals surface area contributed by atoms with Crippen LogP contribution >= 0.6 is 0 Å². The Bertz CT molecular complexity index is 2210. The summed E-state index contributed by atoms with van der Waals surface area (Å²) in [5.74, 6) is 0. The zero-order valence-corrected chi connectivity index (χ0v) is 29.9. The average molecular weight is 729 g/mol. The van der Waals surface area contributed by atoms with E-state index in [1.807, 2.05) is 182 Å². The molecule has 1 aromatic heterocycles. The van der Waals surface area contributed by atoms with Crippen molar-refractivity contribution in [3.05, 3.63) is 248 Å². The average Bonchev–Trinajstić information content (AvgIpc) is 3.55. The summed E-state index contributed by atoms with van der Waals surface area (Å²) in [5.41, 5.74) is 1.47. The normalized spacial score (nSPS) is 18.6. The molecule has 274 valence electrons. The molecule has 1 aliphatic heterocycles. The topological polar surface area (TPSA) is 103 Å². The van der Waals surface area contributed by atoms with Crippen LogP contribution in [0.3, 0.4) is 0 Å². The third-order valence-corrected chi connectivity index (χ3v) is 10.3. The van der Waals surface area contributed by atoms with Crippen molar-refractivity contribution in [2.45, 2.75) is 35.7 Å². The zero-order chi connectivity index (χ0) is 37.7. The van der Waals surface area contributed by atoms with Crippen molar-refractivity contribution in [1.82, 2.24) is 9.55 Å². The molecule has 8 heteroatoms. The lowest BCUT2D eigenvalue weighted by Crippen LogP contribution is -2.46. The second kappa shape index (κ2) is 15.7. The van der Waals surface area contributed by atoms with Gasteiger partial charge in [-0.3, -0.25) is 14.3 Å². The van der Waals surface area contributed by atoms with E-state index >= 15 is 0 Å². The molecule has 1 saturated heterocycles. The second-order valence-electron chi connectivity index (χ2n) is 13.5. The largest absolute Gasteiger partial charge is 0.387 e. The molecular weight excluding hydrogens is 689 g/mol. The van der Waals surface area contributed by atoms with E-state index in [-0.39, 0.29) is 6.61 Å². The van der Waals surface area contributed by atoms with Crippen LogP contribution in [0.1, 0.15) is 39.6 Å². The van der Waals surface area contributed by atoms with Gasteiger partial charge in [-0.15, -0.1) is 0 Å². The fourth-order valence-corrected chi connectivity index (χ4v) is 7.74. The van der Waals surface area contributed by atoms with Gasteiger partial charge in [-0.1, -0.05) is 182 Å². The van der Waals surface area contributed by atoms with Crippen LogP contribution in [0.2, 0.25) is 0 Å². The Balaban J connectivity index is 1.26. The van der Waals surface area contributed by atoms with Crippen molar-refractivity contribution in [2.24, 2.45) is 0 Å². The molecule has 0 spiro atoms. The number of aliphatic hydroxyl groups is 1. The first-order valence-electron chi connectivity index (χ1n) is 18.3. The van der Waals surface area contributed by atoms with Gasteiger partial charge in [0.25, 0.3) is 5.56 Å². The van der Waals surface area contributed by atoms with Crippen LogP contribution in [0.5, 0.6) is 0 Å². The fraction of sp³-hybridized carbons (Fsp3) is 0.149. The van der Waals surface area contributed by atoms with E-state index in [0.717, 1.165) is 33.4 Å². The molecule has 0 aliphatic carbocycles. The van der Waals surface area contributed by atoms with Gasteiger partial charge >= 0.3 is 5.69 Å². The second-order valence-corrected chi connectivity index (χ2v) is 13.5. The van der Waals surface area contributed by atoms with Crippen molar-refractivity contribution in [3.8, 4) is 0 Å². The lowest BCUT2D eigenvalue weighted by molar-refractivity contribution is -0.125. The number of nitrogens with zero attached hydrogens (tertiary/aromatic N) is 1. The molecule has 8 nitrogen and oxygen atoms in total. The minimum atomic E-state index is -1.31. The first kappa shape index (κ1) is 35.8. The number of hydrogen-bond donors (Lipinski definition) is 2. The maximum atomic E-state index is 13.5. The molecule has 8 rings (SSSR count). The summed E-state index contributed by atoms with van der Waals surface area (Å²) in [7, 11) is 0. The Hall–Kier alpha value is -6.16. The Labute approximate surface area is 318 Å². The van der Waals surface area contributed by atoms with Crippen molar-refractivity contribution in [3.63, 3.8) is 0 Å². The van der Waals surface area contributed by atoms with Crippen LogP contribution in [0.4, 0.5) is 0 Å². The van der Waals surface area contributed by atoms with Crippen LogP contribution in [0.25, 0.3) is 0 Å². The molecular formula is C47H40N2O6. The number of rotatable bonds is 12. The Morgan fingerprint density at radius 2 is 0.909 bits per heavy atom. The number of nitrogens with one attached hydrogen (secondary N) is 1. The summed E-state index contributed by atoms with van der Waals surface area (Å²) < 4.78 is 22.4. The zero-order valence-electron chi connectivity index (χ0n) is 29.9. The van der Waals surface area contributed by atoms with Gasteiger partial charge < -0.3 is 19.3 Å². The lowest BCUT2D eigenvalue weighted by atomic mass is 9.79. The van der Waals surface area contributed by atoms with E-state index < -0.39 is 47.0 Å². The van der Waals surface area contributed by atoms with Gasteiger partial charge in [0, 0.05) is 12.3 Å². The van der Waals surface area contributed by atoms with Crippen molar-refractivity contribution in [1.29, 1.82) is 0 Å². The van der Waals surface area contributed by atoms with Crippen LogP contribution in [-0.2, 0) is 25.4 Å². The number of H-pyrrole nitrogens is 1. The van der Waals surface area contributed by atoms with Crippen LogP contribution in [0, 0.1) is 0 Å². The predicted octanol–water partition coefficient (Wildman–Crippen LogP) is 7.18. The molecule has 2 N–H and O–H groups in total. The summed E-state index contributed by atoms with van der Waals surface area (Å²) >= 11 is 0. The van der Waals surface area contributed by atoms with Crippen molar-refractivity contribution in [2.75, 3.05) is 6.61 Å². The molecule has 4 atom stereocenters. The third kappa shape index (κ3) is 6.77. The Morgan fingerprint density at radius 1 is 0.545 bits per heavy atom. The number of hydrogen-bond acceptors (Lipinski definition) is 6. The molecule has 1 aliphatic rings. The summed E-state index contributed by atoms with van der Waals surface area (Å²) in [4.78, 5) is 28.1. The number of ether oxygens (including phenoxy) is 3. The van der Waals surface area contributed by atoms with E-state index in [1.54, 1.807) is 0 Å². The molecule has 0 bridgehead atoms. The van der Waals surface area contributed by atoms with Crippen molar-refractivity contribution < 1.29 is 19.3 Å². The number of benzene rings is 6. The number of aromatic amines is 1. The highest BCUT2D eigenvalue weighted by atomic mass is 16.6. The van der Waals surface area contributed by atoms with E-state index in [4.69, 9.17) is 14.2 Å². The predicted molar refractivity (Wildman–Crippen MR) is 210 cm³/mol. The first-order valence-corrected chi connectivity index (χ1v) is 18.3. The molecule has 7 aromatic rings. The van der Waals surface area contributed by atoms with Crippen LogP contribution in [0.15, 0.2) is 204 Å². The van der Waals surface area contributed by atoms with Crippen molar-refractivity contribution >= 4 is 0 Å². The highest BCUT2D eigenvalue weighted by molar-refractivity contribution is 5.49. The molecule has 0 unspecified atom stereocenters. The number of aliphatic hydroxyl groups excluding tert-OH is 1. The Morgan fingerprint density at radius 3 is 1.27 bits per heavy atom. The molecule has 2 heterocycles. The van der Waals surface area contributed by atoms with Gasteiger partial charge in [0.1, 0.15) is 29.5 Å². The maximum absolute atomic E-state index is 13.5. The quantitative estimate of drug-likeness (QED) is 0.129. The van der Waals surface area contributed by atoms with E-state index in [1.165, 1.54) is 16.8 Å². The summed E-state index contributed by atoms with van der Waals surface area (Å²) in [6.07, 6.45) is -3.22. The SMILES string of the molecule is O=c1ccn([C@@H]2O[C@H](COC(c3ccccc3)(c3ccccc3)c3ccccc3)[C@H](O)[C@H]2OC(c2ccccc2)(c2ccccc2)c2ccccc2)c(=O)[nH]1. The molecule has 1 fully saturated rings. The summed E-state index contributed by atoms with van der Waals surface area (Å²) in [5, 5.41) is 12.5. The van der Waals surface area contributed by atoms with Crippen LogP contribution < -0.4 is 11.2 Å². The fourth-order valence-electron chi connectivity index (χ4n) is 7.74.